The minimum absolute atomic E-state index is 0.147. The molecule has 0 spiro atoms. The lowest BCUT2D eigenvalue weighted by atomic mass is 10.2. The molecule has 3 heterocycles. The fourth-order valence-corrected chi connectivity index (χ4v) is 2.93. The number of nitrogens with zero attached hydrogens (tertiary/aromatic N) is 2. The van der Waals surface area contributed by atoms with E-state index in [2.05, 4.69) is 20.8 Å². The van der Waals surface area contributed by atoms with Crippen LogP contribution < -0.4 is 10.6 Å². The standard InChI is InChI=1S/C18H18N4O3S/c23-17(13-5-3-7-19-12-13)20-8-1-2-9-21-18(24)14-11-15(25-22-14)16-6-4-10-26-16/h3-7,10-12H,1-2,8-9H2,(H,20,23)(H,21,24). The van der Waals surface area contributed by atoms with Gasteiger partial charge in [0.2, 0.25) is 0 Å². The van der Waals surface area contributed by atoms with Gasteiger partial charge in [-0.2, -0.15) is 0 Å². The Balaban J connectivity index is 1.34. The summed E-state index contributed by atoms with van der Waals surface area (Å²) < 4.78 is 5.19. The second-order valence-electron chi connectivity index (χ2n) is 5.51. The van der Waals surface area contributed by atoms with Gasteiger partial charge in [-0.05, 0) is 36.4 Å². The van der Waals surface area contributed by atoms with Gasteiger partial charge in [-0.25, -0.2) is 0 Å². The van der Waals surface area contributed by atoms with Crippen molar-refractivity contribution in [3.8, 4) is 10.6 Å². The number of hydrogen-bond acceptors (Lipinski definition) is 6. The van der Waals surface area contributed by atoms with E-state index in [1.165, 1.54) is 17.5 Å². The van der Waals surface area contributed by atoms with E-state index in [1.807, 2.05) is 17.5 Å². The third-order valence-electron chi connectivity index (χ3n) is 3.61. The molecular weight excluding hydrogens is 352 g/mol. The number of pyridine rings is 1. The highest BCUT2D eigenvalue weighted by Crippen LogP contribution is 2.24. The lowest BCUT2D eigenvalue weighted by Crippen LogP contribution is -2.27. The Labute approximate surface area is 154 Å². The minimum atomic E-state index is -0.268. The first-order valence-electron chi connectivity index (χ1n) is 8.21. The maximum absolute atomic E-state index is 12.0. The summed E-state index contributed by atoms with van der Waals surface area (Å²) in [5.41, 5.74) is 0.798. The molecule has 26 heavy (non-hydrogen) atoms. The van der Waals surface area contributed by atoms with Crippen LogP contribution in [0.2, 0.25) is 0 Å². The minimum Gasteiger partial charge on any atom is -0.355 e. The van der Waals surface area contributed by atoms with E-state index in [9.17, 15) is 9.59 Å². The Morgan fingerprint density at radius 3 is 2.58 bits per heavy atom. The molecule has 0 radical (unpaired) electrons. The molecule has 0 aliphatic carbocycles. The van der Waals surface area contributed by atoms with Gasteiger partial charge >= 0.3 is 0 Å². The van der Waals surface area contributed by atoms with Gasteiger partial charge in [-0.15, -0.1) is 11.3 Å². The number of rotatable bonds is 8. The van der Waals surface area contributed by atoms with Crippen molar-refractivity contribution in [2.24, 2.45) is 0 Å². The van der Waals surface area contributed by atoms with Crippen LogP contribution in [0.3, 0.4) is 0 Å². The molecule has 134 valence electrons. The first-order chi connectivity index (χ1) is 12.7. The van der Waals surface area contributed by atoms with Crippen molar-refractivity contribution < 1.29 is 14.1 Å². The Morgan fingerprint density at radius 2 is 1.88 bits per heavy atom. The van der Waals surface area contributed by atoms with Crippen LogP contribution in [-0.4, -0.2) is 35.0 Å². The molecule has 0 atom stereocenters. The van der Waals surface area contributed by atoms with E-state index in [4.69, 9.17) is 4.52 Å². The molecule has 7 nitrogen and oxygen atoms in total. The highest BCUT2D eigenvalue weighted by molar-refractivity contribution is 7.13. The summed E-state index contributed by atoms with van der Waals surface area (Å²) in [5, 5.41) is 11.4. The first kappa shape index (κ1) is 17.8. The van der Waals surface area contributed by atoms with E-state index in [1.54, 1.807) is 24.4 Å². The second kappa shape index (κ2) is 8.91. The summed E-state index contributed by atoms with van der Waals surface area (Å²) in [4.78, 5) is 28.7. The maximum Gasteiger partial charge on any atom is 0.273 e. The summed E-state index contributed by atoms with van der Waals surface area (Å²) in [5.74, 6) is 0.171. The Morgan fingerprint density at radius 1 is 1.08 bits per heavy atom. The quantitative estimate of drug-likeness (QED) is 0.594. The summed E-state index contributed by atoms with van der Waals surface area (Å²) in [6.07, 6.45) is 4.65. The van der Waals surface area contributed by atoms with Crippen LogP contribution >= 0.6 is 11.3 Å². The third kappa shape index (κ3) is 4.76. The molecule has 0 aromatic carbocycles. The van der Waals surface area contributed by atoms with Crippen LogP contribution in [0, 0.1) is 0 Å². The van der Waals surface area contributed by atoms with Crippen molar-refractivity contribution in [2.75, 3.05) is 13.1 Å². The van der Waals surface area contributed by atoms with Gasteiger partial charge in [0.25, 0.3) is 11.8 Å². The average Bonchev–Trinajstić information content (AvgIpc) is 3.36. The van der Waals surface area contributed by atoms with Gasteiger partial charge in [0.15, 0.2) is 11.5 Å². The zero-order valence-electron chi connectivity index (χ0n) is 14.0. The van der Waals surface area contributed by atoms with Crippen molar-refractivity contribution >= 4 is 23.2 Å². The summed E-state index contributed by atoms with van der Waals surface area (Å²) in [6, 6.07) is 8.89. The van der Waals surface area contributed by atoms with Crippen LogP contribution in [0.4, 0.5) is 0 Å². The SMILES string of the molecule is O=C(NCCCCNC(=O)c1cc(-c2cccs2)on1)c1cccnc1. The normalized spacial score (nSPS) is 10.5. The second-order valence-corrected chi connectivity index (χ2v) is 6.46. The van der Waals surface area contributed by atoms with E-state index in [0.29, 0.717) is 24.4 Å². The van der Waals surface area contributed by atoms with Gasteiger partial charge in [0.1, 0.15) is 0 Å². The molecule has 2 N–H and O–H groups in total. The smallest absolute Gasteiger partial charge is 0.273 e. The predicted molar refractivity (Wildman–Crippen MR) is 98.0 cm³/mol. The summed E-state index contributed by atoms with van der Waals surface area (Å²) in [6.45, 7) is 1.04. The largest absolute Gasteiger partial charge is 0.355 e. The number of amides is 2. The van der Waals surface area contributed by atoms with Crippen LogP contribution in [0.1, 0.15) is 33.7 Å². The van der Waals surface area contributed by atoms with Crippen molar-refractivity contribution in [3.63, 3.8) is 0 Å². The molecular formula is C18H18N4O3S. The fraction of sp³-hybridized carbons (Fsp3) is 0.222. The van der Waals surface area contributed by atoms with E-state index < -0.39 is 0 Å². The molecule has 3 aromatic rings. The third-order valence-corrected chi connectivity index (χ3v) is 4.49. The van der Waals surface area contributed by atoms with Crippen LogP contribution in [0.15, 0.2) is 52.6 Å². The highest BCUT2D eigenvalue weighted by atomic mass is 32.1. The summed E-state index contributed by atoms with van der Waals surface area (Å²) in [7, 11) is 0. The van der Waals surface area contributed by atoms with E-state index >= 15 is 0 Å². The van der Waals surface area contributed by atoms with Crippen molar-refractivity contribution in [2.45, 2.75) is 12.8 Å². The number of unbranched alkanes of at least 4 members (excludes halogenated alkanes) is 1. The lowest BCUT2D eigenvalue weighted by molar-refractivity contribution is 0.0934. The zero-order valence-corrected chi connectivity index (χ0v) is 14.8. The molecule has 0 fully saturated rings. The van der Waals surface area contributed by atoms with Crippen molar-refractivity contribution in [3.05, 3.63) is 59.4 Å². The monoisotopic (exact) mass is 370 g/mol. The predicted octanol–water partition coefficient (Wildman–Crippen LogP) is 2.74. The van der Waals surface area contributed by atoms with Gasteiger partial charge in [-0.3, -0.25) is 14.6 Å². The number of hydrogen-bond donors (Lipinski definition) is 2. The number of carbonyl (C=O) groups is 2. The van der Waals surface area contributed by atoms with Gasteiger partial charge in [-0.1, -0.05) is 11.2 Å². The Bertz CT molecular complexity index is 846. The van der Waals surface area contributed by atoms with Gasteiger partial charge < -0.3 is 15.2 Å². The fourth-order valence-electron chi connectivity index (χ4n) is 2.26. The van der Waals surface area contributed by atoms with E-state index in [-0.39, 0.29) is 17.5 Å². The van der Waals surface area contributed by atoms with Crippen LogP contribution in [0.5, 0.6) is 0 Å². The molecule has 3 aromatic heterocycles. The van der Waals surface area contributed by atoms with E-state index in [0.717, 1.165) is 17.7 Å². The van der Waals surface area contributed by atoms with Crippen LogP contribution in [0.25, 0.3) is 10.6 Å². The first-order valence-corrected chi connectivity index (χ1v) is 9.09. The molecule has 0 aliphatic rings. The van der Waals surface area contributed by atoms with Gasteiger partial charge in [0.05, 0.1) is 10.4 Å². The molecule has 0 saturated carbocycles. The van der Waals surface area contributed by atoms with Gasteiger partial charge in [0, 0.05) is 31.5 Å². The molecule has 0 bridgehead atoms. The molecule has 0 aliphatic heterocycles. The Kier molecular flexibility index (Phi) is 6.10. The number of aromatic nitrogens is 2. The van der Waals surface area contributed by atoms with Crippen LogP contribution in [-0.2, 0) is 0 Å². The highest BCUT2D eigenvalue weighted by Gasteiger charge is 2.13. The average molecular weight is 370 g/mol. The number of nitrogens with one attached hydrogen (secondary N) is 2. The number of carbonyl (C=O) groups excluding carboxylic acids is 2. The zero-order chi connectivity index (χ0) is 18.2. The number of thiophene rings is 1. The lowest BCUT2D eigenvalue weighted by Gasteiger charge is -2.05. The molecule has 0 unspecified atom stereocenters. The molecule has 8 heteroatoms. The Hall–Kier alpha value is -3.00. The molecule has 0 saturated heterocycles. The summed E-state index contributed by atoms with van der Waals surface area (Å²) >= 11 is 1.52. The topological polar surface area (TPSA) is 97.1 Å². The molecule has 3 rings (SSSR count). The van der Waals surface area contributed by atoms with Crippen molar-refractivity contribution in [1.82, 2.24) is 20.8 Å². The van der Waals surface area contributed by atoms with Crippen molar-refractivity contribution in [1.29, 1.82) is 0 Å². The maximum atomic E-state index is 12.0. The molecule has 2 amide bonds.